The molecule has 0 bridgehead atoms. The highest BCUT2D eigenvalue weighted by Gasteiger charge is 2.12. The van der Waals surface area contributed by atoms with Gasteiger partial charge in [-0.25, -0.2) is 9.37 Å². The summed E-state index contributed by atoms with van der Waals surface area (Å²) in [5.74, 6) is -0.403. The van der Waals surface area contributed by atoms with Crippen molar-refractivity contribution < 1.29 is 9.18 Å². The normalized spacial score (nSPS) is 10.6. The fourth-order valence-electron chi connectivity index (χ4n) is 2.48. The van der Waals surface area contributed by atoms with E-state index in [1.807, 2.05) is 32.0 Å². The van der Waals surface area contributed by atoms with Crippen LogP contribution in [0.25, 0.3) is 0 Å². The number of aromatic nitrogens is 1. The molecule has 0 aliphatic rings. The second-order valence-electron chi connectivity index (χ2n) is 5.71. The SMILES string of the molecule is Cc1ccc(C(=O)Nc2ncc(Cc3ccc(F)cc3)s2)c(C)c1. The number of hydrogen-bond acceptors (Lipinski definition) is 3. The molecular weight excluding hydrogens is 323 g/mol. The minimum atomic E-state index is -0.246. The fraction of sp³-hybridized carbons (Fsp3) is 0.158. The summed E-state index contributed by atoms with van der Waals surface area (Å²) in [5, 5.41) is 3.41. The van der Waals surface area contributed by atoms with Crippen LogP contribution in [0.5, 0.6) is 0 Å². The van der Waals surface area contributed by atoms with Crippen LogP contribution in [0, 0.1) is 19.7 Å². The number of hydrogen-bond donors (Lipinski definition) is 1. The lowest BCUT2D eigenvalue weighted by Crippen LogP contribution is -2.13. The number of thiazole rings is 1. The molecule has 3 rings (SSSR count). The Morgan fingerprint density at radius 3 is 2.62 bits per heavy atom. The Morgan fingerprint density at radius 1 is 1.17 bits per heavy atom. The Labute approximate surface area is 144 Å². The van der Waals surface area contributed by atoms with Crippen LogP contribution in [0.4, 0.5) is 9.52 Å². The van der Waals surface area contributed by atoms with Gasteiger partial charge in [0.15, 0.2) is 5.13 Å². The van der Waals surface area contributed by atoms with E-state index in [9.17, 15) is 9.18 Å². The lowest BCUT2D eigenvalue weighted by molar-refractivity contribution is 0.102. The molecule has 3 nitrogen and oxygen atoms in total. The van der Waals surface area contributed by atoms with Crippen LogP contribution in [0.2, 0.25) is 0 Å². The van der Waals surface area contributed by atoms with Gasteiger partial charge in [0.05, 0.1) is 0 Å². The lowest BCUT2D eigenvalue weighted by Gasteiger charge is -2.06. The predicted molar refractivity (Wildman–Crippen MR) is 95.2 cm³/mol. The van der Waals surface area contributed by atoms with E-state index in [2.05, 4.69) is 10.3 Å². The molecule has 24 heavy (non-hydrogen) atoms. The standard InChI is InChI=1S/C19H17FN2OS/c1-12-3-8-17(13(2)9-12)18(23)22-19-21-11-16(24-19)10-14-4-6-15(20)7-5-14/h3-9,11H,10H2,1-2H3,(H,21,22,23). The van der Waals surface area contributed by atoms with Crippen molar-refractivity contribution in [3.63, 3.8) is 0 Å². The van der Waals surface area contributed by atoms with Gasteiger partial charge in [0.2, 0.25) is 0 Å². The van der Waals surface area contributed by atoms with Crippen molar-refractivity contribution >= 4 is 22.4 Å². The van der Waals surface area contributed by atoms with E-state index < -0.39 is 0 Å². The minimum Gasteiger partial charge on any atom is -0.298 e. The van der Waals surface area contributed by atoms with Crippen LogP contribution in [0.3, 0.4) is 0 Å². The van der Waals surface area contributed by atoms with Gasteiger partial charge in [0, 0.05) is 23.1 Å². The Bertz CT molecular complexity index is 871. The van der Waals surface area contributed by atoms with E-state index in [0.29, 0.717) is 17.1 Å². The van der Waals surface area contributed by atoms with Crippen molar-refractivity contribution in [2.45, 2.75) is 20.3 Å². The molecule has 0 saturated heterocycles. The molecule has 0 aliphatic carbocycles. The number of amides is 1. The van der Waals surface area contributed by atoms with Gasteiger partial charge in [-0.3, -0.25) is 10.1 Å². The third kappa shape index (κ3) is 3.86. The zero-order valence-electron chi connectivity index (χ0n) is 13.5. The van der Waals surface area contributed by atoms with Crippen LogP contribution < -0.4 is 5.32 Å². The van der Waals surface area contributed by atoms with Crippen LogP contribution >= 0.6 is 11.3 Å². The molecule has 0 saturated carbocycles. The number of anilines is 1. The van der Waals surface area contributed by atoms with E-state index in [1.165, 1.54) is 23.5 Å². The highest BCUT2D eigenvalue weighted by Crippen LogP contribution is 2.22. The van der Waals surface area contributed by atoms with Gasteiger partial charge >= 0.3 is 0 Å². The number of benzene rings is 2. The molecule has 1 heterocycles. The second-order valence-corrected chi connectivity index (χ2v) is 6.82. The summed E-state index contributed by atoms with van der Waals surface area (Å²) in [7, 11) is 0. The maximum absolute atomic E-state index is 12.9. The number of aryl methyl sites for hydroxylation is 2. The number of halogens is 1. The molecule has 5 heteroatoms. The predicted octanol–water partition coefficient (Wildman–Crippen LogP) is 4.74. The monoisotopic (exact) mass is 340 g/mol. The summed E-state index contributed by atoms with van der Waals surface area (Å²) < 4.78 is 12.9. The minimum absolute atomic E-state index is 0.157. The molecule has 0 radical (unpaired) electrons. The smallest absolute Gasteiger partial charge is 0.257 e. The van der Waals surface area contributed by atoms with Gasteiger partial charge in [-0.05, 0) is 43.2 Å². The topological polar surface area (TPSA) is 42.0 Å². The first-order chi connectivity index (χ1) is 11.5. The van der Waals surface area contributed by atoms with Crippen molar-refractivity contribution in [2.24, 2.45) is 0 Å². The summed E-state index contributed by atoms with van der Waals surface area (Å²) in [4.78, 5) is 17.6. The highest BCUT2D eigenvalue weighted by atomic mass is 32.1. The molecule has 122 valence electrons. The number of nitrogens with one attached hydrogen (secondary N) is 1. The number of carbonyl (C=O) groups excluding carboxylic acids is 1. The molecule has 3 aromatic rings. The number of rotatable bonds is 4. The Morgan fingerprint density at radius 2 is 1.92 bits per heavy atom. The summed E-state index contributed by atoms with van der Waals surface area (Å²) in [5.41, 5.74) is 3.72. The van der Waals surface area contributed by atoms with E-state index in [-0.39, 0.29) is 11.7 Å². The van der Waals surface area contributed by atoms with Crippen LogP contribution in [0.15, 0.2) is 48.7 Å². The largest absolute Gasteiger partial charge is 0.298 e. The molecule has 2 aromatic carbocycles. The Kier molecular flexibility index (Phi) is 4.71. The van der Waals surface area contributed by atoms with Gasteiger partial charge in [0.1, 0.15) is 5.82 Å². The molecule has 0 aliphatic heterocycles. The van der Waals surface area contributed by atoms with Gasteiger partial charge in [-0.15, -0.1) is 11.3 Å². The van der Waals surface area contributed by atoms with E-state index >= 15 is 0 Å². The summed E-state index contributed by atoms with van der Waals surface area (Å²) >= 11 is 1.43. The zero-order valence-corrected chi connectivity index (χ0v) is 14.3. The first-order valence-electron chi connectivity index (χ1n) is 7.59. The van der Waals surface area contributed by atoms with Crippen LogP contribution in [-0.2, 0) is 6.42 Å². The summed E-state index contributed by atoms with van der Waals surface area (Å²) in [6, 6.07) is 12.1. The van der Waals surface area contributed by atoms with Crippen LogP contribution in [0.1, 0.15) is 31.9 Å². The van der Waals surface area contributed by atoms with Crippen molar-refractivity contribution in [1.29, 1.82) is 0 Å². The van der Waals surface area contributed by atoms with E-state index in [1.54, 1.807) is 18.3 Å². The molecule has 1 aromatic heterocycles. The molecule has 0 atom stereocenters. The van der Waals surface area contributed by atoms with Gasteiger partial charge in [0.25, 0.3) is 5.91 Å². The quantitative estimate of drug-likeness (QED) is 0.745. The van der Waals surface area contributed by atoms with Crippen molar-refractivity contribution in [3.05, 3.63) is 81.6 Å². The van der Waals surface area contributed by atoms with Crippen molar-refractivity contribution in [1.82, 2.24) is 4.98 Å². The van der Waals surface area contributed by atoms with Crippen molar-refractivity contribution in [2.75, 3.05) is 5.32 Å². The first-order valence-corrected chi connectivity index (χ1v) is 8.40. The van der Waals surface area contributed by atoms with E-state index in [4.69, 9.17) is 0 Å². The Hall–Kier alpha value is -2.53. The van der Waals surface area contributed by atoms with Gasteiger partial charge < -0.3 is 0 Å². The van der Waals surface area contributed by atoms with Gasteiger partial charge in [-0.2, -0.15) is 0 Å². The highest BCUT2D eigenvalue weighted by molar-refractivity contribution is 7.15. The summed E-state index contributed by atoms with van der Waals surface area (Å²) in [6.07, 6.45) is 2.41. The average molecular weight is 340 g/mol. The zero-order chi connectivity index (χ0) is 17.1. The average Bonchev–Trinajstić information content (AvgIpc) is 2.96. The fourth-order valence-corrected chi connectivity index (χ4v) is 3.33. The molecule has 1 amide bonds. The maximum atomic E-state index is 12.9. The van der Waals surface area contributed by atoms with Crippen molar-refractivity contribution in [3.8, 4) is 0 Å². The second kappa shape index (κ2) is 6.93. The Balaban J connectivity index is 1.69. The van der Waals surface area contributed by atoms with Crippen LogP contribution in [-0.4, -0.2) is 10.9 Å². The molecule has 0 spiro atoms. The molecule has 0 unspecified atom stereocenters. The number of nitrogens with zero attached hydrogens (tertiary/aromatic N) is 1. The lowest BCUT2D eigenvalue weighted by atomic mass is 10.1. The summed E-state index contributed by atoms with van der Waals surface area (Å²) in [6.45, 7) is 3.92. The number of carbonyl (C=O) groups is 1. The third-order valence-corrected chi connectivity index (χ3v) is 4.60. The molecule has 0 fully saturated rings. The molecule has 1 N–H and O–H groups in total. The molecular formula is C19H17FN2OS. The van der Waals surface area contributed by atoms with E-state index in [0.717, 1.165) is 21.6 Å². The first kappa shape index (κ1) is 16.3. The maximum Gasteiger partial charge on any atom is 0.257 e. The van der Waals surface area contributed by atoms with Gasteiger partial charge in [-0.1, -0.05) is 29.8 Å². The third-order valence-electron chi connectivity index (χ3n) is 3.69.